The van der Waals surface area contributed by atoms with E-state index >= 15 is 0 Å². The number of hydrogen-bond acceptors (Lipinski definition) is 3. The van der Waals surface area contributed by atoms with Gasteiger partial charge >= 0.3 is 6.18 Å². The van der Waals surface area contributed by atoms with Gasteiger partial charge in [0.15, 0.2) is 0 Å². The first kappa shape index (κ1) is 18.5. The lowest BCUT2D eigenvalue weighted by Gasteiger charge is -2.27. The number of alkyl halides is 3. The topological polar surface area (TPSA) is 56.1 Å². The minimum absolute atomic E-state index is 0.244. The van der Waals surface area contributed by atoms with Crippen molar-refractivity contribution in [1.82, 2.24) is 4.90 Å². The summed E-state index contributed by atoms with van der Waals surface area (Å²) in [7, 11) is 0. The van der Waals surface area contributed by atoms with Gasteiger partial charge in [-0.2, -0.15) is 18.4 Å². The van der Waals surface area contributed by atoms with Gasteiger partial charge in [-0.05, 0) is 29.7 Å². The molecule has 4 nitrogen and oxygen atoms in total. The Morgan fingerprint density at radius 1 is 1.11 bits per heavy atom. The fourth-order valence-electron chi connectivity index (χ4n) is 2.98. The summed E-state index contributed by atoms with van der Waals surface area (Å²) in [6.07, 6.45) is -2.43. The van der Waals surface area contributed by atoms with Crippen LogP contribution in [0.1, 0.15) is 16.7 Å². The van der Waals surface area contributed by atoms with Gasteiger partial charge in [0, 0.05) is 19.3 Å². The second-order valence-corrected chi connectivity index (χ2v) is 6.14. The van der Waals surface area contributed by atoms with Crippen LogP contribution in [0.3, 0.4) is 0 Å². The molecule has 0 atom stereocenters. The van der Waals surface area contributed by atoms with Crippen molar-refractivity contribution in [3.05, 3.63) is 77.0 Å². The maximum atomic E-state index is 13.1. The lowest BCUT2D eigenvalue weighted by atomic mass is 10.00. The standard InChI is InChI=1S/C20H16F3N3O/c21-20(22,23)17-7-3-4-8-18(17)25-19(27)16(11-24)13-26-10-9-14-5-1-2-6-15(14)12-26/h1-8,13H,9-10,12H2,(H,25,27)/b16-13-. The second kappa shape index (κ2) is 7.54. The average molecular weight is 371 g/mol. The van der Waals surface area contributed by atoms with Crippen LogP contribution < -0.4 is 5.32 Å². The van der Waals surface area contributed by atoms with Crippen LogP contribution in [0.5, 0.6) is 0 Å². The van der Waals surface area contributed by atoms with Gasteiger partial charge in [-0.3, -0.25) is 4.79 Å². The Bertz CT molecular complexity index is 929. The Balaban J connectivity index is 1.78. The van der Waals surface area contributed by atoms with Crippen LogP contribution in [0, 0.1) is 11.3 Å². The van der Waals surface area contributed by atoms with Crippen molar-refractivity contribution in [1.29, 1.82) is 5.26 Å². The first-order valence-corrected chi connectivity index (χ1v) is 8.29. The van der Waals surface area contributed by atoms with E-state index in [1.54, 1.807) is 6.07 Å². The maximum Gasteiger partial charge on any atom is 0.418 e. The first-order chi connectivity index (χ1) is 12.9. The van der Waals surface area contributed by atoms with Gasteiger partial charge < -0.3 is 10.2 Å². The summed E-state index contributed by atoms with van der Waals surface area (Å²) in [5.74, 6) is -0.868. The molecule has 1 amide bonds. The third kappa shape index (κ3) is 4.29. The number of halogens is 3. The number of para-hydroxylation sites is 1. The molecule has 0 radical (unpaired) electrons. The van der Waals surface area contributed by atoms with Crippen molar-refractivity contribution in [3.63, 3.8) is 0 Å². The van der Waals surface area contributed by atoms with E-state index in [1.165, 1.54) is 23.9 Å². The summed E-state index contributed by atoms with van der Waals surface area (Å²) in [5.41, 5.74) is 0.735. The first-order valence-electron chi connectivity index (χ1n) is 8.29. The number of anilines is 1. The van der Waals surface area contributed by atoms with Crippen LogP contribution in [0.2, 0.25) is 0 Å². The van der Waals surface area contributed by atoms with Crippen molar-refractivity contribution < 1.29 is 18.0 Å². The van der Waals surface area contributed by atoms with E-state index in [-0.39, 0.29) is 11.3 Å². The second-order valence-electron chi connectivity index (χ2n) is 6.14. The van der Waals surface area contributed by atoms with E-state index in [1.807, 2.05) is 29.2 Å². The molecule has 0 bridgehead atoms. The molecule has 7 heteroatoms. The van der Waals surface area contributed by atoms with E-state index < -0.39 is 17.6 Å². The van der Waals surface area contributed by atoms with Crippen molar-refractivity contribution in [2.45, 2.75) is 19.1 Å². The monoisotopic (exact) mass is 371 g/mol. The van der Waals surface area contributed by atoms with Crippen LogP contribution in [-0.4, -0.2) is 17.4 Å². The Hall–Kier alpha value is -3.27. The molecular weight excluding hydrogens is 355 g/mol. The quantitative estimate of drug-likeness (QED) is 0.653. The normalized spacial score (nSPS) is 14.3. The van der Waals surface area contributed by atoms with E-state index in [2.05, 4.69) is 5.32 Å². The van der Waals surface area contributed by atoms with Crippen molar-refractivity contribution in [2.24, 2.45) is 0 Å². The number of carbonyl (C=O) groups excluding carboxylic acids is 1. The molecule has 3 rings (SSSR count). The smallest absolute Gasteiger partial charge is 0.371 e. The van der Waals surface area contributed by atoms with Crippen LogP contribution in [0.4, 0.5) is 18.9 Å². The fraction of sp³-hybridized carbons (Fsp3) is 0.200. The number of benzene rings is 2. The molecule has 0 unspecified atom stereocenters. The number of hydrogen-bond donors (Lipinski definition) is 1. The summed E-state index contributed by atoms with van der Waals surface area (Å²) < 4.78 is 39.2. The number of nitrogens with one attached hydrogen (secondary N) is 1. The van der Waals surface area contributed by atoms with Gasteiger partial charge in [0.05, 0.1) is 11.3 Å². The molecular formula is C20H16F3N3O. The molecule has 0 saturated heterocycles. The van der Waals surface area contributed by atoms with Crippen molar-refractivity contribution in [2.75, 3.05) is 11.9 Å². The minimum Gasteiger partial charge on any atom is -0.371 e. The van der Waals surface area contributed by atoms with Crippen LogP contribution in [0.15, 0.2) is 60.3 Å². The van der Waals surface area contributed by atoms with E-state index in [0.717, 1.165) is 24.1 Å². The Morgan fingerprint density at radius 2 is 1.78 bits per heavy atom. The largest absolute Gasteiger partial charge is 0.418 e. The van der Waals surface area contributed by atoms with Gasteiger partial charge in [0.25, 0.3) is 5.91 Å². The van der Waals surface area contributed by atoms with Crippen LogP contribution in [0.25, 0.3) is 0 Å². The van der Waals surface area contributed by atoms with Crippen molar-refractivity contribution in [3.8, 4) is 6.07 Å². The zero-order valence-electron chi connectivity index (χ0n) is 14.3. The summed E-state index contributed by atoms with van der Waals surface area (Å²) in [6.45, 7) is 1.16. The highest BCUT2D eigenvalue weighted by Crippen LogP contribution is 2.34. The SMILES string of the molecule is N#C/C(=C/N1CCc2ccccc2C1)C(=O)Nc1ccccc1C(F)(F)F. The number of carbonyl (C=O) groups is 1. The molecule has 0 aromatic heterocycles. The van der Waals surface area contributed by atoms with Crippen molar-refractivity contribution >= 4 is 11.6 Å². The third-order valence-electron chi connectivity index (χ3n) is 4.32. The number of rotatable bonds is 3. The van der Waals surface area contributed by atoms with Gasteiger partial charge in [-0.1, -0.05) is 36.4 Å². The predicted molar refractivity (Wildman–Crippen MR) is 94.3 cm³/mol. The molecule has 2 aromatic carbocycles. The summed E-state index contributed by atoms with van der Waals surface area (Å²) in [4.78, 5) is 14.2. The van der Waals surface area contributed by atoms with Crippen LogP contribution in [-0.2, 0) is 23.9 Å². The maximum absolute atomic E-state index is 13.1. The summed E-state index contributed by atoms with van der Waals surface area (Å²) in [6, 6.07) is 14.3. The summed E-state index contributed by atoms with van der Waals surface area (Å²) in [5, 5.41) is 11.5. The predicted octanol–water partition coefficient (Wildman–Crippen LogP) is 4.11. The Labute approximate surface area is 154 Å². The minimum atomic E-state index is -4.60. The van der Waals surface area contributed by atoms with Gasteiger partial charge in [-0.15, -0.1) is 0 Å². The highest BCUT2D eigenvalue weighted by Gasteiger charge is 2.33. The van der Waals surface area contributed by atoms with Crippen LogP contribution >= 0.6 is 0 Å². The molecule has 1 N–H and O–H groups in total. The zero-order valence-corrected chi connectivity index (χ0v) is 14.3. The summed E-state index contributed by atoms with van der Waals surface area (Å²) >= 11 is 0. The average Bonchev–Trinajstić information content (AvgIpc) is 2.65. The highest BCUT2D eigenvalue weighted by atomic mass is 19.4. The van der Waals surface area contributed by atoms with E-state index in [4.69, 9.17) is 0 Å². The van der Waals surface area contributed by atoms with Gasteiger partial charge in [0.1, 0.15) is 11.6 Å². The molecule has 0 aliphatic carbocycles. The Morgan fingerprint density at radius 3 is 2.48 bits per heavy atom. The number of fused-ring (bicyclic) bond motifs is 1. The van der Waals surface area contributed by atoms with Gasteiger partial charge in [0.2, 0.25) is 0 Å². The molecule has 0 fully saturated rings. The van der Waals surface area contributed by atoms with E-state index in [0.29, 0.717) is 13.1 Å². The third-order valence-corrected chi connectivity index (χ3v) is 4.32. The Kier molecular flexibility index (Phi) is 5.17. The lowest BCUT2D eigenvalue weighted by Crippen LogP contribution is -2.27. The molecule has 1 aliphatic rings. The molecule has 1 aliphatic heterocycles. The number of nitriles is 1. The molecule has 2 aromatic rings. The highest BCUT2D eigenvalue weighted by molar-refractivity contribution is 6.06. The molecule has 0 spiro atoms. The molecule has 1 heterocycles. The molecule has 138 valence electrons. The van der Waals surface area contributed by atoms with Gasteiger partial charge in [-0.25, -0.2) is 0 Å². The van der Waals surface area contributed by atoms with E-state index in [9.17, 15) is 23.2 Å². The molecule has 0 saturated carbocycles. The number of amides is 1. The number of nitrogens with zero attached hydrogens (tertiary/aromatic N) is 2. The fourth-order valence-corrected chi connectivity index (χ4v) is 2.98. The lowest BCUT2D eigenvalue weighted by molar-refractivity contribution is -0.137. The zero-order chi connectivity index (χ0) is 19.4. The molecule has 27 heavy (non-hydrogen) atoms.